The molecule has 0 atom stereocenters. The zero-order valence-electron chi connectivity index (χ0n) is 18.1. The van der Waals surface area contributed by atoms with Crippen molar-refractivity contribution in [2.24, 2.45) is 0 Å². The van der Waals surface area contributed by atoms with Crippen molar-refractivity contribution < 1.29 is 24.0 Å². The lowest BCUT2D eigenvalue weighted by molar-refractivity contribution is 0.192. The van der Waals surface area contributed by atoms with Gasteiger partial charge in [-0.1, -0.05) is 78.6 Å². The molecule has 0 aromatic carbocycles. The van der Waals surface area contributed by atoms with Gasteiger partial charge in [-0.25, -0.2) is 4.57 Å². The standard InChI is InChI=1S/C10H23NO.C10H23O4P/c1-3-5-7-11(9-10-12)8-6-4-2;1-2-3-4-5-6-7-8-9-10-14-15(11,12)13/h12H,3-10H2,1-2H3;2-10H2,1H3,(H2,11,12,13). The molecule has 0 saturated heterocycles. The molecule has 0 aromatic rings. The van der Waals surface area contributed by atoms with Crippen LogP contribution >= 0.6 is 7.82 Å². The number of hydrogen-bond acceptors (Lipinski definition) is 4. The maximum Gasteiger partial charge on any atom is 0.469 e. The van der Waals surface area contributed by atoms with Gasteiger partial charge in [-0.2, -0.15) is 0 Å². The van der Waals surface area contributed by atoms with Crippen LogP contribution in [0.2, 0.25) is 0 Å². The summed E-state index contributed by atoms with van der Waals surface area (Å²) in [5, 5.41) is 8.79. The number of unbranched alkanes of at least 4 members (excludes halogenated alkanes) is 9. The second-order valence-corrected chi connectivity index (χ2v) is 8.31. The Labute approximate surface area is 167 Å². The van der Waals surface area contributed by atoms with Crippen molar-refractivity contribution in [1.29, 1.82) is 0 Å². The predicted molar refractivity (Wildman–Crippen MR) is 114 cm³/mol. The van der Waals surface area contributed by atoms with Gasteiger partial charge >= 0.3 is 7.82 Å². The molecule has 0 rings (SSSR count). The van der Waals surface area contributed by atoms with E-state index in [9.17, 15) is 4.57 Å². The maximum absolute atomic E-state index is 10.3. The summed E-state index contributed by atoms with van der Waals surface area (Å²) in [4.78, 5) is 19.2. The molecule has 0 spiro atoms. The van der Waals surface area contributed by atoms with Gasteiger partial charge in [-0.3, -0.25) is 4.52 Å². The second-order valence-electron chi connectivity index (χ2n) is 7.07. The Morgan fingerprint density at radius 2 is 1.15 bits per heavy atom. The van der Waals surface area contributed by atoms with Crippen molar-refractivity contribution in [3.8, 4) is 0 Å². The molecule has 0 bridgehead atoms. The van der Waals surface area contributed by atoms with Crippen LogP contribution in [-0.2, 0) is 9.09 Å². The van der Waals surface area contributed by atoms with E-state index in [0.717, 1.165) is 38.9 Å². The number of aliphatic hydroxyl groups is 1. The van der Waals surface area contributed by atoms with Crippen LogP contribution in [0.1, 0.15) is 97.8 Å². The average Bonchev–Trinajstić information content (AvgIpc) is 2.62. The van der Waals surface area contributed by atoms with Crippen molar-refractivity contribution in [1.82, 2.24) is 4.90 Å². The number of rotatable bonds is 18. The van der Waals surface area contributed by atoms with E-state index in [1.807, 2.05) is 0 Å². The number of aliphatic hydroxyl groups excluding tert-OH is 1. The van der Waals surface area contributed by atoms with Crippen LogP contribution in [0.5, 0.6) is 0 Å². The lowest BCUT2D eigenvalue weighted by Crippen LogP contribution is -2.28. The topological polar surface area (TPSA) is 90.2 Å². The summed E-state index contributed by atoms with van der Waals surface area (Å²) in [5.41, 5.74) is 0. The summed E-state index contributed by atoms with van der Waals surface area (Å²) in [5.74, 6) is 0. The smallest absolute Gasteiger partial charge is 0.395 e. The third kappa shape index (κ3) is 28.3. The maximum atomic E-state index is 10.3. The Hall–Kier alpha value is 0.0300. The van der Waals surface area contributed by atoms with Gasteiger partial charge in [0.1, 0.15) is 0 Å². The van der Waals surface area contributed by atoms with Crippen LogP contribution in [0.15, 0.2) is 0 Å². The molecule has 0 aliphatic rings. The van der Waals surface area contributed by atoms with E-state index in [4.69, 9.17) is 14.9 Å². The molecular formula is C20H46NO5P. The monoisotopic (exact) mass is 411 g/mol. The van der Waals surface area contributed by atoms with Crippen LogP contribution < -0.4 is 0 Å². The third-order valence-corrected chi connectivity index (χ3v) is 4.85. The molecule has 0 heterocycles. The van der Waals surface area contributed by atoms with Gasteiger partial charge in [0.05, 0.1) is 13.2 Å². The molecular weight excluding hydrogens is 365 g/mol. The van der Waals surface area contributed by atoms with Crippen molar-refractivity contribution in [2.75, 3.05) is 32.8 Å². The fraction of sp³-hybridized carbons (Fsp3) is 1.00. The molecule has 6 nitrogen and oxygen atoms in total. The van der Waals surface area contributed by atoms with Gasteiger partial charge in [-0.15, -0.1) is 0 Å². The summed E-state index contributed by atoms with van der Waals surface area (Å²) in [6.45, 7) is 10.2. The van der Waals surface area contributed by atoms with Crippen molar-refractivity contribution >= 4 is 7.82 Å². The Morgan fingerprint density at radius 3 is 1.56 bits per heavy atom. The van der Waals surface area contributed by atoms with Gasteiger partial charge in [0.2, 0.25) is 0 Å². The molecule has 166 valence electrons. The second kappa shape index (κ2) is 22.3. The Kier molecular flexibility index (Phi) is 24.2. The number of phosphoric ester groups is 1. The van der Waals surface area contributed by atoms with Crippen molar-refractivity contribution in [3.05, 3.63) is 0 Å². The third-order valence-electron chi connectivity index (χ3n) is 4.33. The first-order valence-corrected chi connectivity index (χ1v) is 12.5. The highest BCUT2D eigenvalue weighted by Crippen LogP contribution is 2.35. The average molecular weight is 412 g/mol. The molecule has 7 heteroatoms. The van der Waals surface area contributed by atoms with Gasteiger partial charge < -0.3 is 19.8 Å². The first-order chi connectivity index (χ1) is 12.9. The fourth-order valence-electron chi connectivity index (χ4n) is 2.66. The number of hydrogen-bond donors (Lipinski definition) is 3. The van der Waals surface area contributed by atoms with Gasteiger partial charge in [0.25, 0.3) is 0 Å². The quantitative estimate of drug-likeness (QED) is 0.214. The number of nitrogens with zero attached hydrogens (tertiary/aromatic N) is 1. The fourth-order valence-corrected chi connectivity index (χ4v) is 3.03. The van der Waals surface area contributed by atoms with Gasteiger partial charge in [0.15, 0.2) is 0 Å². The molecule has 0 amide bonds. The van der Waals surface area contributed by atoms with Crippen LogP contribution in [0.25, 0.3) is 0 Å². The summed E-state index contributed by atoms with van der Waals surface area (Å²) in [7, 11) is -4.24. The van der Waals surface area contributed by atoms with Crippen molar-refractivity contribution in [3.63, 3.8) is 0 Å². The van der Waals surface area contributed by atoms with E-state index in [-0.39, 0.29) is 6.61 Å². The van der Waals surface area contributed by atoms with Crippen molar-refractivity contribution in [2.45, 2.75) is 97.8 Å². The number of phosphoric acid groups is 1. The Bertz CT molecular complexity index is 317. The highest BCUT2D eigenvalue weighted by atomic mass is 31.2. The SMILES string of the molecule is CCCCCCCCCCOP(=O)(O)O.CCCCN(CCO)CCCC. The zero-order valence-corrected chi connectivity index (χ0v) is 19.0. The molecule has 0 aliphatic heterocycles. The van der Waals surface area contributed by atoms with E-state index in [0.29, 0.717) is 6.61 Å². The first-order valence-electron chi connectivity index (χ1n) is 10.9. The molecule has 0 aliphatic carbocycles. The van der Waals surface area contributed by atoms with Gasteiger partial charge in [-0.05, 0) is 32.4 Å². The summed E-state index contributed by atoms with van der Waals surface area (Å²) >= 11 is 0. The largest absolute Gasteiger partial charge is 0.469 e. The van der Waals surface area contributed by atoms with E-state index in [1.165, 1.54) is 57.8 Å². The lowest BCUT2D eigenvalue weighted by Gasteiger charge is -2.20. The van der Waals surface area contributed by atoms with E-state index in [1.54, 1.807) is 0 Å². The first kappa shape index (κ1) is 29.2. The Morgan fingerprint density at radius 1 is 0.704 bits per heavy atom. The molecule has 3 N–H and O–H groups in total. The molecule has 0 saturated carbocycles. The predicted octanol–water partition coefficient (Wildman–Crippen LogP) is 5.12. The lowest BCUT2D eigenvalue weighted by atomic mass is 10.1. The highest BCUT2D eigenvalue weighted by molar-refractivity contribution is 7.46. The Balaban J connectivity index is 0. The molecule has 0 unspecified atom stereocenters. The van der Waals surface area contributed by atoms with Crippen LogP contribution in [0.3, 0.4) is 0 Å². The normalized spacial score (nSPS) is 11.5. The molecule has 27 heavy (non-hydrogen) atoms. The minimum absolute atomic E-state index is 0.166. The van der Waals surface area contributed by atoms with Crippen LogP contribution in [0.4, 0.5) is 0 Å². The molecule has 0 radical (unpaired) electrons. The van der Waals surface area contributed by atoms with E-state index < -0.39 is 7.82 Å². The molecule has 0 aromatic heterocycles. The summed E-state index contributed by atoms with van der Waals surface area (Å²) in [6.07, 6.45) is 14.2. The van der Waals surface area contributed by atoms with Gasteiger partial charge in [0, 0.05) is 6.54 Å². The molecule has 0 fully saturated rings. The minimum atomic E-state index is -4.24. The summed E-state index contributed by atoms with van der Waals surface area (Å²) in [6, 6.07) is 0. The van der Waals surface area contributed by atoms with Crippen LogP contribution in [0, 0.1) is 0 Å². The highest BCUT2D eigenvalue weighted by Gasteiger charge is 2.12. The van der Waals surface area contributed by atoms with Crippen LogP contribution in [-0.4, -0.2) is 52.6 Å². The zero-order chi connectivity index (χ0) is 20.8. The van der Waals surface area contributed by atoms with E-state index in [2.05, 4.69) is 30.2 Å². The summed E-state index contributed by atoms with van der Waals surface area (Å²) < 4.78 is 14.7. The minimum Gasteiger partial charge on any atom is -0.395 e. The van der Waals surface area contributed by atoms with E-state index >= 15 is 0 Å².